The van der Waals surface area contributed by atoms with Crippen molar-refractivity contribution in [2.75, 3.05) is 0 Å². The number of benzene rings is 1. The van der Waals surface area contributed by atoms with Gasteiger partial charge >= 0.3 is 5.97 Å². The van der Waals surface area contributed by atoms with E-state index >= 15 is 0 Å². The Hall–Kier alpha value is -1.64. The quantitative estimate of drug-likeness (QED) is 0.678. The first-order valence-corrected chi connectivity index (χ1v) is 5.33. The maximum atomic E-state index is 11.7. The molecule has 1 atom stereocenters. The van der Waals surface area contributed by atoms with Crippen LogP contribution in [0, 0.1) is 5.41 Å². The van der Waals surface area contributed by atoms with E-state index in [2.05, 4.69) is 4.99 Å². The van der Waals surface area contributed by atoms with Crippen molar-refractivity contribution in [1.82, 2.24) is 0 Å². The van der Waals surface area contributed by atoms with Gasteiger partial charge in [0.05, 0.1) is 0 Å². The molecule has 0 saturated heterocycles. The van der Waals surface area contributed by atoms with Crippen LogP contribution in [0.1, 0.15) is 32.4 Å². The molecule has 1 aliphatic rings. The molecule has 1 aromatic rings. The fraction of sp³-hybridized carbons (Fsp3) is 0.385. The summed E-state index contributed by atoms with van der Waals surface area (Å²) in [5, 5.41) is 0. The van der Waals surface area contributed by atoms with Crippen LogP contribution in [-0.4, -0.2) is 11.9 Å². The summed E-state index contributed by atoms with van der Waals surface area (Å²) in [5.41, 5.74) is 0.658. The summed E-state index contributed by atoms with van der Waals surface area (Å²) in [6.07, 6.45) is 0. The Labute approximate surface area is 95.2 Å². The normalized spacial score (nSPS) is 20.6. The van der Waals surface area contributed by atoms with Crippen molar-refractivity contribution in [2.24, 2.45) is 10.4 Å². The maximum Gasteiger partial charge on any atom is 0.342 e. The second-order valence-corrected chi connectivity index (χ2v) is 4.92. The number of cyclic esters (lactones) is 1. The van der Waals surface area contributed by atoms with Crippen molar-refractivity contribution in [3.05, 3.63) is 35.9 Å². The zero-order valence-corrected chi connectivity index (χ0v) is 9.73. The standard InChI is InChI=1S/C13H15NO2/c1-13(2,3)12-14-10(11(15)16-12)9-7-5-4-6-8-9/h4-8,10H,1-3H3. The lowest BCUT2D eigenvalue weighted by molar-refractivity contribution is -0.135. The van der Waals surface area contributed by atoms with Crippen LogP contribution in [0.5, 0.6) is 0 Å². The minimum Gasteiger partial charge on any atom is -0.409 e. The number of carbonyl (C=O) groups is 1. The van der Waals surface area contributed by atoms with Gasteiger partial charge in [0.2, 0.25) is 0 Å². The fourth-order valence-electron chi connectivity index (χ4n) is 1.54. The molecule has 1 unspecified atom stereocenters. The van der Waals surface area contributed by atoms with Crippen LogP contribution in [0.4, 0.5) is 0 Å². The SMILES string of the molecule is CC(C)(C)C1=NC(c2ccccc2)C(=O)O1. The van der Waals surface area contributed by atoms with Crippen LogP contribution in [0.2, 0.25) is 0 Å². The smallest absolute Gasteiger partial charge is 0.342 e. The maximum absolute atomic E-state index is 11.7. The first-order valence-electron chi connectivity index (χ1n) is 5.33. The van der Waals surface area contributed by atoms with Gasteiger partial charge in [0.1, 0.15) is 0 Å². The number of hydrogen-bond acceptors (Lipinski definition) is 3. The number of nitrogens with zero attached hydrogens (tertiary/aromatic N) is 1. The fourth-order valence-corrected chi connectivity index (χ4v) is 1.54. The number of aliphatic imine (C=N–C) groups is 1. The van der Waals surface area contributed by atoms with E-state index in [4.69, 9.17) is 4.74 Å². The molecule has 0 saturated carbocycles. The number of ether oxygens (including phenoxy) is 1. The minimum atomic E-state index is -0.490. The second kappa shape index (κ2) is 3.74. The number of rotatable bonds is 1. The molecule has 0 bridgehead atoms. The number of esters is 1. The van der Waals surface area contributed by atoms with E-state index < -0.39 is 6.04 Å². The van der Waals surface area contributed by atoms with Crippen molar-refractivity contribution in [1.29, 1.82) is 0 Å². The molecule has 84 valence electrons. The lowest BCUT2D eigenvalue weighted by Crippen LogP contribution is -2.21. The summed E-state index contributed by atoms with van der Waals surface area (Å²) < 4.78 is 5.20. The van der Waals surface area contributed by atoms with Gasteiger partial charge in [-0.1, -0.05) is 51.1 Å². The predicted molar refractivity (Wildman–Crippen MR) is 62.2 cm³/mol. The van der Waals surface area contributed by atoms with Crippen molar-refractivity contribution in [2.45, 2.75) is 26.8 Å². The average Bonchev–Trinajstić information content (AvgIpc) is 2.61. The van der Waals surface area contributed by atoms with E-state index in [0.29, 0.717) is 5.90 Å². The lowest BCUT2D eigenvalue weighted by Gasteiger charge is -2.15. The highest BCUT2D eigenvalue weighted by atomic mass is 16.6. The summed E-state index contributed by atoms with van der Waals surface area (Å²) in [6.45, 7) is 5.94. The van der Waals surface area contributed by atoms with Crippen molar-refractivity contribution in [3.63, 3.8) is 0 Å². The molecule has 1 aromatic carbocycles. The molecule has 1 aliphatic heterocycles. The largest absolute Gasteiger partial charge is 0.409 e. The molecular formula is C13H15NO2. The van der Waals surface area contributed by atoms with Crippen LogP contribution < -0.4 is 0 Å². The molecule has 0 aliphatic carbocycles. The highest BCUT2D eigenvalue weighted by Crippen LogP contribution is 2.30. The Morgan fingerprint density at radius 3 is 2.31 bits per heavy atom. The molecule has 0 radical (unpaired) electrons. The molecule has 0 fully saturated rings. The van der Waals surface area contributed by atoms with Crippen LogP contribution in [0.25, 0.3) is 0 Å². The third-order valence-corrected chi connectivity index (χ3v) is 2.42. The molecule has 0 amide bonds. The molecule has 1 heterocycles. The van der Waals surface area contributed by atoms with Crippen LogP contribution >= 0.6 is 0 Å². The Morgan fingerprint density at radius 1 is 1.19 bits per heavy atom. The summed E-state index contributed by atoms with van der Waals surface area (Å²) in [6, 6.07) is 9.00. The summed E-state index contributed by atoms with van der Waals surface area (Å²) in [5.74, 6) is 0.238. The molecule has 0 N–H and O–H groups in total. The van der Waals surface area contributed by atoms with Gasteiger partial charge in [0, 0.05) is 5.41 Å². The summed E-state index contributed by atoms with van der Waals surface area (Å²) in [7, 11) is 0. The van der Waals surface area contributed by atoms with Gasteiger partial charge in [0.15, 0.2) is 11.9 Å². The van der Waals surface area contributed by atoms with Crippen LogP contribution in [-0.2, 0) is 9.53 Å². The van der Waals surface area contributed by atoms with Gasteiger partial charge in [-0.2, -0.15) is 0 Å². The Kier molecular flexibility index (Phi) is 2.54. The Balaban J connectivity index is 2.31. The van der Waals surface area contributed by atoms with Crippen molar-refractivity contribution in [3.8, 4) is 0 Å². The highest BCUT2D eigenvalue weighted by molar-refractivity contribution is 5.99. The van der Waals surface area contributed by atoms with E-state index in [-0.39, 0.29) is 11.4 Å². The van der Waals surface area contributed by atoms with Gasteiger partial charge < -0.3 is 4.74 Å². The lowest BCUT2D eigenvalue weighted by atomic mass is 9.97. The van der Waals surface area contributed by atoms with Gasteiger partial charge in [-0.3, -0.25) is 0 Å². The zero-order chi connectivity index (χ0) is 11.8. The first kappa shape index (κ1) is 10.9. The molecule has 2 rings (SSSR count). The van der Waals surface area contributed by atoms with Crippen LogP contribution in [0.3, 0.4) is 0 Å². The molecule has 16 heavy (non-hydrogen) atoms. The van der Waals surface area contributed by atoms with Gasteiger partial charge in [-0.25, -0.2) is 9.79 Å². The van der Waals surface area contributed by atoms with E-state index in [1.165, 1.54) is 0 Å². The first-order chi connectivity index (χ1) is 7.48. The number of carbonyl (C=O) groups excluding carboxylic acids is 1. The zero-order valence-electron chi connectivity index (χ0n) is 9.73. The van der Waals surface area contributed by atoms with Crippen molar-refractivity contribution < 1.29 is 9.53 Å². The summed E-state index contributed by atoms with van der Waals surface area (Å²) in [4.78, 5) is 16.1. The third kappa shape index (κ3) is 1.98. The summed E-state index contributed by atoms with van der Waals surface area (Å²) >= 11 is 0. The highest BCUT2D eigenvalue weighted by Gasteiger charge is 2.35. The Morgan fingerprint density at radius 2 is 1.81 bits per heavy atom. The van der Waals surface area contributed by atoms with Gasteiger partial charge in [-0.05, 0) is 5.56 Å². The van der Waals surface area contributed by atoms with E-state index in [1.807, 2.05) is 51.1 Å². The number of hydrogen-bond donors (Lipinski definition) is 0. The third-order valence-electron chi connectivity index (χ3n) is 2.42. The monoisotopic (exact) mass is 217 g/mol. The minimum absolute atomic E-state index is 0.223. The predicted octanol–water partition coefficient (Wildman–Crippen LogP) is 2.73. The van der Waals surface area contributed by atoms with Gasteiger partial charge in [0.25, 0.3) is 0 Å². The van der Waals surface area contributed by atoms with Crippen molar-refractivity contribution >= 4 is 11.9 Å². The molecule has 0 spiro atoms. The van der Waals surface area contributed by atoms with Gasteiger partial charge in [-0.15, -0.1) is 0 Å². The van der Waals surface area contributed by atoms with E-state index in [1.54, 1.807) is 0 Å². The van der Waals surface area contributed by atoms with Crippen LogP contribution in [0.15, 0.2) is 35.3 Å². The van der Waals surface area contributed by atoms with E-state index in [0.717, 1.165) is 5.56 Å². The van der Waals surface area contributed by atoms with E-state index in [9.17, 15) is 4.79 Å². The second-order valence-electron chi connectivity index (χ2n) is 4.92. The average molecular weight is 217 g/mol. The molecule has 3 nitrogen and oxygen atoms in total. The Bertz CT molecular complexity index is 429. The molecular weight excluding hydrogens is 202 g/mol. The topological polar surface area (TPSA) is 38.7 Å². The molecule has 3 heteroatoms. The molecule has 0 aromatic heterocycles.